The van der Waals surface area contributed by atoms with E-state index in [0.717, 1.165) is 37.2 Å². The van der Waals surface area contributed by atoms with Crippen LogP contribution < -0.4 is 5.73 Å². The predicted molar refractivity (Wildman–Crippen MR) is 73.5 cm³/mol. The lowest BCUT2D eigenvalue weighted by molar-refractivity contribution is -0.123. The summed E-state index contributed by atoms with van der Waals surface area (Å²) in [6, 6.07) is 2.02. The maximum absolute atomic E-state index is 12.2. The molecule has 0 aliphatic heterocycles. The average Bonchev–Trinajstić information content (AvgIpc) is 2.71. The minimum atomic E-state index is -0.718. The molecule has 1 heterocycles. The summed E-state index contributed by atoms with van der Waals surface area (Å²) in [6.07, 6.45) is 2.93. The first-order chi connectivity index (χ1) is 8.44. The van der Waals surface area contributed by atoms with E-state index in [1.807, 2.05) is 31.5 Å². The molecule has 1 rings (SSSR count). The van der Waals surface area contributed by atoms with Gasteiger partial charge in [-0.15, -0.1) is 0 Å². The lowest BCUT2D eigenvalue weighted by Gasteiger charge is -2.22. The minimum Gasteiger partial charge on any atom is -0.319 e. The summed E-state index contributed by atoms with van der Waals surface area (Å²) in [7, 11) is 0. The van der Waals surface area contributed by atoms with E-state index in [2.05, 4.69) is 12.0 Å². The zero-order valence-corrected chi connectivity index (χ0v) is 12.0. The highest BCUT2D eigenvalue weighted by molar-refractivity contribution is 5.89. The van der Waals surface area contributed by atoms with Crippen molar-refractivity contribution in [1.29, 1.82) is 0 Å². The predicted octanol–water partition coefficient (Wildman–Crippen LogP) is 2.09. The van der Waals surface area contributed by atoms with Crippen LogP contribution in [0.5, 0.6) is 0 Å². The van der Waals surface area contributed by atoms with Gasteiger partial charge in [0.1, 0.15) is 0 Å². The minimum absolute atomic E-state index is 0.0987. The van der Waals surface area contributed by atoms with E-state index in [9.17, 15) is 4.79 Å². The Kier molecular flexibility index (Phi) is 5.08. The Labute approximate surface area is 110 Å². The van der Waals surface area contributed by atoms with Crippen molar-refractivity contribution in [2.75, 3.05) is 0 Å². The zero-order chi connectivity index (χ0) is 13.8. The number of carbonyl (C=O) groups is 1. The van der Waals surface area contributed by atoms with Crippen LogP contribution in [0.2, 0.25) is 0 Å². The van der Waals surface area contributed by atoms with Crippen molar-refractivity contribution in [1.82, 2.24) is 9.78 Å². The molecular formula is C14H25N3O. The van der Waals surface area contributed by atoms with Gasteiger partial charge in [0.15, 0.2) is 5.78 Å². The molecule has 0 spiro atoms. The van der Waals surface area contributed by atoms with Gasteiger partial charge in [0.05, 0.1) is 17.7 Å². The summed E-state index contributed by atoms with van der Waals surface area (Å²) >= 11 is 0. The molecule has 1 unspecified atom stereocenters. The van der Waals surface area contributed by atoms with Gasteiger partial charge in [-0.1, -0.05) is 20.3 Å². The SMILES string of the molecule is CCCC(C)(N)C(=O)Cc1cc(CC)nn1CC. The maximum Gasteiger partial charge on any atom is 0.158 e. The topological polar surface area (TPSA) is 60.9 Å². The summed E-state index contributed by atoms with van der Waals surface area (Å²) in [4.78, 5) is 12.2. The van der Waals surface area contributed by atoms with E-state index in [0.29, 0.717) is 6.42 Å². The Balaban J connectivity index is 2.84. The van der Waals surface area contributed by atoms with Gasteiger partial charge < -0.3 is 5.73 Å². The summed E-state index contributed by atoms with van der Waals surface area (Å²) in [5, 5.41) is 4.45. The quantitative estimate of drug-likeness (QED) is 0.807. The zero-order valence-electron chi connectivity index (χ0n) is 12.0. The van der Waals surface area contributed by atoms with Crippen LogP contribution in [0.4, 0.5) is 0 Å². The van der Waals surface area contributed by atoms with Gasteiger partial charge in [0, 0.05) is 12.2 Å². The molecule has 0 amide bonds. The van der Waals surface area contributed by atoms with Crippen LogP contribution in [0.3, 0.4) is 0 Å². The standard InChI is InChI=1S/C14H25N3O/c1-5-8-14(4,15)13(18)10-12-9-11(6-2)16-17(12)7-3/h9H,5-8,10,15H2,1-4H3. The largest absolute Gasteiger partial charge is 0.319 e. The Hall–Kier alpha value is -1.16. The van der Waals surface area contributed by atoms with Crippen LogP contribution in [0.1, 0.15) is 51.9 Å². The van der Waals surface area contributed by atoms with E-state index >= 15 is 0 Å². The van der Waals surface area contributed by atoms with Crippen LogP contribution >= 0.6 is 0 Å². The molecular weight excluding hydrogens is 226 g/mol. The van der Waals surface area contributed by atoms with Gasteiger partial charge in [0.25, 0.3) is 0 Å². The highest BCUT2D eigenvalue weighted by Gasteiger charge is 2.27. The molecule has 0 saturated heterocycles. The van der Waals surface area contributed by atoms with Crippen LogP contribution in [0.25, 0.3) is 0 Å². The van der Waals surface area contributed by atoms with E-state index in [4.69, 9.17) is 5.73 Å². The number of aryl methyl sites for hydroxylation is 2. The molecule has 2 N–H and O–H groups in total. The molecule has 4 heteroatoms. The van der Waals surface area contributed by atoms with Crippen molar-refractivity contribution in [3.8, 4) is 0 Å². The first-order valence-electron chi connectivity index (χ1n) is 6.82. The summed E-state index contributed by atoms with van der Waals surface area (Å²) in [6.45, 7) is 8.76. The third kappa shape index (κ3) is 3.42. The normalized spacial score (nSPS) is 14.5. The van der Waals surface area contributed by atoms with Gasteiger partial charge in [-0.05, 0) is 32.8 Å². The van der Waals surface area contributed by atoms with Crippen molar-refractivity contribution in [3.63, 3.8) is 0 Å². The number of rotatable bonds is 7. The number of hydrogen-bond acceptors (Lipinski definition) is 3. The van der Waals surface area contributed by atoms with Crippen LogP contribution in [0.15, 0.2) is 6.07 Å². The molecule has 0 aromatic carbocycles. The van der Waals surface area contributed by atoms with E-state index in [1.54, 1.807) is 0 Å². The molecule has 18 heavy (non-hydrogen) atoms. The monoisotopic (exact) mass is 251 g/mol. The number of carbonyl (C=O) groups excluding carboxylic acids is 1. The van der Waals surface area contributed by atoms with E-state index in [-0.39, 0.29) is 5.78 Å². The fraction of sp³-hybridized carbons (Fsp3) is 0.714. The second kappa shape index (κ2) is 6.14. The van der Waals surface area contributed by atoms with Crippen molar-refractivity contribution >= 4 is 5.78 Å². The molecule has 0 aliphatic carbocycles. The summed E-state index contributed by atoms with van der Waals surface area (Å²) in [5.74, 6) is 0.0987. The maximum atomic E-state index is 12.2. The summed E-state index contributed by atoms with van der Waals surface area (Å²) in [5.41, 5.74) is 7.37. The van der Waals surface area contributed by atoms with Crippen LogP contribution in [-0.4, -0.2) is 21.1 Å². The number of nitrogens with zero attached hydrogens (tertiary/aromatic N) is 2. The molecule has 4 nitrogen and oxygen atoms in total. The molecule has 1 aromatic heterocycles. The molecule has 102 valence electrons. The van der Waals surface area contributed by atoms with Crippen molar-refractivity contribution in [3.05, 3.63) is 17.5 Å². The third-order valence-electron chi connectivity index (χ3n) is 3.32. The highest BCUT2D eigenvalue weighted by Crippen LogP contribution is 2.15. The first kappa shape index (κ1) is 14.9. The first-order valence-corrected chi connectivity index (χ1v) is 6.82. The second-order valence-electron chi connectivity index (χ2n) is 5.06. The average molecular weight is 251 g/mol. The number of Topliss-reactive ketones (excluding diaryl/α,β-unsaturated/α-hetero) is 1. The summed E-state index contributed by atoms with van der Waals surface area (Å²) < 4.78 is 1.90. The Morgan fingerprint density at radius 2 is 2.11 bits per heavy atom. The van der Waals surface area contributed by atoms with Gasteiger partial charge in [-0.2, -0.15) is 5.10 Å². The smallest absolute Gasteiger partial charge is 0.158 e. The fourth-order valence-corrected chi connectivity index (χ4v) is 2.13. The molecule has 0 bridgehead atoms. The number of hydrogen-bond donors (Lipinski definition) is 1. The Morgan fingerprint density at radius 1 is 1.44 bits per heavy atom. The number of nitrogens with two attached hydrogens (primary N) is 1. The molecule has 0 radical (unpaired) electrons. The molecule has 0 fully saturated rings. The molecule has 1 atom stereocenters. The Morgan fingerprint density at radius 3 is 2.61 bits per heavy atom. The highest BCUT2D eigenvalue weighted by atomic mass is 16.1. The number of aromatic nitrogens is 2. The lowest BCUT2D eigenvalue weighted by atomic mass is 9.89. The fourth-order valence-electron chi connectivity index (χ4n) is 2.13. The van der Waals surface area contributed by atoms with Gasteiger partial charge in [-0.3, -0.25) is 9.48 Å². The van der Waals surface area contributed by atoms with Crippen LogP contribution in [0, 0.1) is 0 Å². The molecule has 1 aromatic rings. The Bertz CT molecular complexity index is 407. The molecule has 0 aliphatic rings. The second-order valence-corrected chi connectivity index (χ2v) is 5.06. The van der Waals surface area contributed by atoms with E-state index in [1.165, 1.54) is 0 Å². The van der Waals surface area contributed by atoms with Gasteiger partial charge in [-0.25, -0.2) is 0 Å². The van der Waals surface area contributed by atoms with Gasteiger partial charge in [0.2, 0.25) is 0 Å². The van der Waals surface area contributed by atoms with E-state index < -0.39 is 5.54 Å². The van der Waals surface area contributed by atoms with Crippen molar-refractivity contribution < 1.29 is 4.79 Å². The lowest BCUT2D eigenvalue weighted by Crippen LogP contribution is -2.45. The molecule has 0 saturated carbocycles. The van der Waals surface area contributed by atoms with Crippen LogP contribution in [-0.2, 0) is 24.2 Å². The van der Waals surface area contributed by atoms with Crippen molar-refractivity contribution in [2.24, 2.45) is 5.73 Å². The van der Waals surface area contributed by atoms with Gasteiger partial charge >= 0.3 is 0 Å². The van der Waals surface area contributed by atoms with Crippen molar-refractivity contribution in [2.45, 2.75) is 65.5 Å². The number of ketones is 1. The third-order valence-corrected chi connectivity index (χ3v) is 3.32.